The van der Waals surface area contributed by atoms with Crippen LogP contribution in [0.5, 0.6) is 17.4 Å². The minimum atomic E-state index is -0.0715. The lowest BCUT2D eigenvalue weighted by Crippen LogP contribution is -1.97. The lowest BCUT2D eigenvalue weighted by Gasteiger charge is -2.12. The van der Waals surface area contributed by atoms with Crippen molar-refractivity contribution in [2.75, 3.05) is 12.8 Å². The predicted molar refractivity (Wildman–Crippen MR) is 72.7 cm³/mol. The van der Waals surface area contributed by atoms with Gasteiger partial charge in [0.25, 0.3) is 0 Å². The maximum absolute atomic E-state index is 9.07. The number of hydrogen-bond acceptors (Lipinski definition) is 5. The molecular formula is C13H13ClN2O3. The zero-order valence-corrected chi connectivity index (χ0v) is 11.0. The molecule has 0 saturated heterocycles. The van der Waals surface area contributed by atoms with Gasteiger partial charge in [-0.1, -0.05) is 17.7 Å². The molecule has 0 fully saturated rings. The maximum Gasteiger partial charge on any atom is 0.242 e. The van der Waals surface area contributed by atoms with E-state index in [0.717, 1.165) is 5.56 Å². The number of halogens is 1. The lowest BCUT2D eigenvalue weighted by molar-refractivity contribution is 0.280. The van der Waals surface area contributed by atoms with Crippen molar-refractivity contribution in [3.8, 4) is 17.4 Å². The highest BCUT2D eigenvalue weighted by Crippen LogP contribution is 2.34. The van der Waals surface area contributed by atoms with Gasteiger partial charge in [-0.05, 0) is 23.8 Å². The number of rotatable bonds is 4. The summed E-state index contributed by atoms with van der Waals surface area (Å²) in [5, 5.41) is 9.51. The molecule has 2 rings (SSSR count). The second kappa shape index (κ2) is 5.77. The standard InChI is InChI=1S/C13H13ClN2O3/c1-18-12-4-8(7-17)2-3-11(12)19-13-10(15)5-9(14)6-16-13/h2-6,17H,7,15H2,1H3. The van der Waals surface area contributed by atoms with Gasteiger partial charge < -0.3 is 20.3 Å². The van der Waals surface area contributed by atoms with Gasteiger partial charge in [0.15, 0.2) is 11.5 Å². The Balaban J connectivity index is 2.32. The van der Waals surface area contributed by atoms with E-state index in [-0.39, 0.29) is 12.5 Å². The number of pyridine rings is 1. The average Bonchev–Trinajstić information content (AvgIpc) is 2.42. The van der Waals surface area contributed by atoms with Crippen molar-refractivity contribution in [3.63, 3.8) is 0 Å². The van der Waals surface area contributed by atoms with Crippen LogP contribution < -0.4 is 15.2 Å². The van der Waals surface area contributed by atoms with E-state index in [4.69, 9.17) is 31.9 Å². The molecular weight excluding hydrogens is 268 g/mol. The van der Waals surface area contributed by atoms with Crippen LogP contribution in [0, 0.1) is 0 Å². The zero-order chi connectivity index (χ0) is 13.8. The van der Waals surface area contributed by atoms with Crippen LogP contribution in [0.1, 0.15) is 5.56 Å². The van der Waals surface area contributed by atoms with E-state index in [0.29, 0.717) is 22.2 Å². The number of benzene rings is 1. The first-order chi connectivity index (χ1) is 9.13. The van der Waals surface area contributed by atoms with Gasteiger partial charge in [0.1, 0.15) is 0 Å². The lowest BCUT2D eigenvalue weighted by atomic mass is 10.2. The van der Waals surface area contributed by atoms with E-state index in [9.17, 15) is 0 Å². The molecule has 0 aliphatic heterocycles. The number of hydrogen-bond donors (Lipinski definition) is 2. The molecule has 0 saturated carbocycles. The summed E-state index contributed by atoms with van der Waals surface area (Å²) in [6, 6.07) is 6.64. The largest absolute Gasteiger partial charge is 0.493 e. The molecule has 0 radical (unpaired) electrons. The van der Waals surface area contributed by atoms with Crippen LogP contribution in [0.4, 0.5) is 5.69 Å². The molecule has 0 aliphatic rings. The molecule has 0 aliphatic carbocycles. The second-order valence-electron chi connectivity index (χ2n) is 3.79. The van der Waals surface area contributed by atoms with Gasteiger partial charge in [0, 0.05) is 6.20 Å². The summed E-state index contributed by atoms with van der Waals surface area (Å²) in [4.78, 5) is 4.01. The number of nitrogen functional groups attached to an aromatic ring is 1. The van der Waals surface area contributed by atoms with Gasteiger partial charge in [-0.2, -0.15) is 0 Å². The molecule has 1 aromatic heterocycles. The van der Waals surface area contributed by atoms with Crippen LogP contribution in [0.15, 0.2) is 30.5 Å². The third-order valence-electron chi connectivity index (χ3n) is 2.46. The number of aliphatic hydroxyl groups excluding tert-OH is 1. The van der Waals surface area contributed by atoms with Gasteiger partial charge >= 0.3 is 0 Å². The molecule has 1 aromatic carbocycles. The topological polar surface area (TPSA) is 77.6 Å². The van der Waals surface area contributed by atoms with Crippen LogP contribution in [0.25, 0.3) is 0 Å². The number of anilines is 1. The predicted octanol–water partition coefficient (Wildman–Crippen LogP) is 2.61. The summed E-state index contributed by atoms with van der Waals surface area (Å²) >= 11 is 5.77. The van der Waals surface area contributed by atoms with Crippen molar-refractivity contribution >= 4 is 17.3 Å². The van der Waals surface area contributed by atoms with Crippen LogP contribution in [0.2, 0.25) is 5.02 Å². The van der Waals surface area contributed by atoms with Gasteiger partial charge in [-0.25, -0.2) is 4.98 Å². The first kappa shape index (κ1) is 13.5. The highest BCUT2D eigenvalue weighted by Gasteiger charge is 2.10. The number of methoxy groups -OCH3 is 1. The van der Waals surface area contributed by atoms with E-state index in [2.05, 4.69) is 4.98 Å². The monoisotopic (exact) mass is 280 g/mol. The molecule has 0 unspecified atom stereocenters. The van der Waals surface area contributed by atoms with E-state index in [1.807, 2.05) is 0 Å². The third kappa shape index (κ3) is 3.07. The summed E-state index contributed by atoms with van der Waals surface area (Å²) in [5.41, 5.74) is 6.82. The summed E-state index contributed by atoms with van der Waals surface area (Å²) in [7, 11) is 1.52. The Labute approximate surface area is 115 Å². The minimum Gasteiger partial charge on any atom is -0.493 e. The summed E-state index contributed by atoms with van der Waals surface area (Å²) in [6.07, 6.45) is 1.45. The van der Waals surface area contributed by atoms with E-state index in [1.54, 1.807) is 24.3 Å². The van der Waals surface area contributed by atoms with Crippen LogP contribution in [-0.4, -0.2) is 17.2 Å². The first-order valence-electron chi connectivity index (χ1n) is 5.50. The van der Waals surface area contributed by atoms with Crippen molar-refractivity contribution in [1.82, 2.24) is 4.98 Å². The molecule has 100 valence electrons. The average molecular weight is 281 g/mol. The van der Waals surface area contributed by atoms with Gasteiger partial charge in [-0.15, -0.1) is 0 Å². The molecule has 19 heavy (non-hydrogen) atoms. The molecule has 3 N–H and O–H groups in total. The van der Waals surface area contributed by atoms with Crippen LogP contribution in [0.3, 0.4) is 0 Å². The number of nitrogens with zero attached hydrogens (tertiary/aromatic N) is 1. The number of nitrogens with two attached hydrogens (primary N) is 1. The number of ether oxygens (including phenoxy) is 2. The second-order valence-corrected chi connectivity index (χ2v) is 4.23. The molecule has 0 spiro atoms. The van der Waals surface area contributed by atoms with Gasteiger partial charge in [0.2, 0.25) is 5.88 Å². The van der Waals surface area contributed by atoms with E-state index >= 15 is 0 Å². The summed E-state index contributed by atoms with van der Waals surface area (Å²) in [6.45, 7) is -0.0715. The molecule has 0 amide bonds. The minimum absolute atomic E-state index is 0.0715. The van der Waals surface area contributed by atoms with Crippen molar-refractivity contribution in [1.29, 1.82) is 0 Å². The molecule has 0 bridgehead atoms. The maximum atomic E-state index is 9.07. The Morgan fingerprint density at radius 1 is 1.32 bits per heavy atom. The quantitative estimate of drug-likeness (QED) is 0.900. The van der Waals surface area contributed by atoms with Gasteiger partial charge in [-0.3, -0.25) is 0 Å². The highest BCUT2D eigenvalue weighted by molar-refractivity contribution is 6.30. The molecule has 6 heteroatoms. The summed E-state index contributed by atoms with van der Waals surface area (Å²) < 4.78 is 10.8. The van der Waals surface area contributed by atoms with Crippen molar-refractivity contribution in [2.45, 2.75) is 6.61 Å². The molecule has 0 atom stereocenters. The van der Waals surface area contributed by atoms with Crippen molar-refractivity contribution in [2.24, 2.45) is 0 Å². The molecule has 1 heterocycles. The molecule has 5 nitrogen and oxygen atoms in total. The summed E-state index contributed by atoms with van der Waals surface area (Å²) in [5.74, 6) is 1.20. The fourth-order valence-electron chi connectivity index (χ4n) is 1.53. The van der Waals surface area contributed by atoms with Crippen molar-refractivity contribution in [3.05, 3.63) is 41.0 Å². The molecule has 2 aromatic rings. The number of aliphatic hydroxyl groups is 1. The fourth-order valence-corrected chi connectivity index (χ4v) is 1.69. The Morgan fingerprint density at radius 2 is 2.11 bits per heavy atom. The SMILES string of the molecule is COc1cc(CO)ccc1Oc1ncc(Cl)cc1N. The normalized spacial score (nSPS) is 10.3. The van der Waals surface area contributed by atoms with E-state index in [1.165, 1.54) is 13.3 Å². The Bertz CT molecular complexity index is 590. The fraction of sp³-hybridized carbons (Fsp3) is 0.154. The number of aromatic nitrogens is 1. The van der Waals surface area contributed by atoms with Crippen molar-refractivity contribution < 1.29 is 14.6 Å². The Hall–Kier alpha value is -1.98. The van der Waals surface area contributed by atoms with Crippen LogP contribution >= 0.6 is 11.6 Å². The highest BCUT2D eigenvalue weighted by atomic mass is 35.5. The smallest absolute Gasteiger partial charge is 0.242 e. The Kier molecular flexibility index (Phi) is 4.09. The van der Waals surface area contributed by atoms with Gasteiger partial charge in [0.05, 0.1) is 24.4 Å². The zero-order valence-electron chi connectivity index (χ0n) is 10.3. The van der Waals surface area contributed by atoms with Crippen LogP contribution in [-0.2, 0) is 6.61 Å². The third-order valence-corrected chi connectivity index (χ3v) is 2.67. The Morgan fingerprint density at radius 3 is 2.74 bits per heavy atom. The first-order valence-corrected chi connectivity index (χ1v) is 5.88. The van der Waals surface area contributed by atoms with E-state index < -0.39 is 0 Å².